The second-order valence-electron chi connectivity index (χ2n) is 16.8. The van der Waals surface area contributed by atoms with Crippen LogP contribution in [0.1, 0.15) is 0 Å². The molecular weight excluding hydrogens is 781 g/mol. The van der Waals surface area contributed by atoms with Crippen molar-refractivity contribution in [2.45, 2.75) is 0 Å². The summed E-state index contributed by atoms with van der Waals surface area (Å²) in [5, 5.41) is 9.33. The highest BCUT2D eigenvalue weighted by molar-refractivity contribution is 6.15. The van der Waals surface area contributed by atoms with Crippen LogP contribution in [-0.4, -0.2) is 9.13 Å². The zero-order chi connectivity index (χ0) is 41.9. The predicted molar refractivity (Wildman–Crippen MR) is 266 cm³/mol. The Morgan fingerprint density at radius 1 is 0.250 bits per heavy atom. The van der Waals surface area contributed by atoms with E-state index in [1.165, 1.54) is 43.7 Å². The lowest BCUT2D eigenvalue weighted by Crippen LogP contribution is -1.94. The van der Waals surface area contributed by atoms with Crippen LogP contribution in [0.2, 0.25) is 0 Å². The van der Waals surface area contributed by atoms with Crippen molar-refractivity contribution in [1.29, 1.82) is 0 Å². The van der Waals surface area contributed by atoms with Crippen molar-refractivity contribution < 1.29 is 8.83 Å². The number of nitrogens with zero attached hydrogens (tertiary/aromatic N) is 2. The Labute approximate surface area is 367 Å². The van der Waals surface area contributed by atoms with Gasteiger partial charge in [0.2, 0.25) is 0 Å². The summed E-state index contributed by atoms with van der Waals surface area (Å²) in [7, 11) is 0. The van der Waals surface area contributed by atoms with Crippen molar-refractivity contribution in [3.8, 4) is 44.8 Å². The van der Waals surface area contributed by atoms with E-state index in [2.05, 4.69) is 209 Å². The lowest BCUT2D eigenvalue weighted by Gasteiger charge is -2.11. The average Bonchev–Trinajstić information content (AvgIpc) is 4.11. The molecule has 4 aromatic heterocycles. The van der Waals surface area contributed by atoms with Crippen LogP contribution in [0, 0.1) is 0 Å². The SMILES string of the molecule is c1ccc(-n2c3ccccc3c3cc(-c4ccc5c(c4)c4cc(-c6cccc7c6oc6ccccc67)ccc4n5-c4cccc(-c5cccc6c5oc5ccccc56)c4)ccc32)cc1. The quantitative estimate of drug-likeness (QED) is 0.173. The minimum atomic E-state index is 0.898. The minimum Gasteiger partial charge on any atom is -0.455 e. The van der Waals surface area contributed by atoms with E-state index in [0.717, 1.165) is 88.5 Å². The summed E-state index contributed by atoms with van der Waals surface area (Å²) >= 11 is 0. The smallest absolute Gasteiger partial charge is 0.143 e. The van der Waals surface area contributed by atoms with Crippen molar-refractivity contribution in [2.24, 2.45) is 0 Å². The van der Waals surface area contributed by atoms with Gasteiger partial charge in [0.05, 0.1) is 22.1 Å². The third kappa shape index (κ3) is 5.11. The monoisotopic (exact) mass is 816 g/mol. The van der Waals surface area contributed by atoms with Crippen LogP contribution >= 0.6 is 0 Å². The molecule has 0 radical (unpaired) electrons. The van der Waals surface area contributed by atoms with E-state index >= 15 is 0 Å². The Morgan fingerprint density at radius 2 is 0.672 bits per heavy atom. The van der Waals surface area contributed by atoms with E-state index in [1.807, 2.05) is 18.2 Å². The van der Waals surface area contributed by atoms with E-state index in [-0.39, 0.29) is 0 Å². The maximum Gasteiger partial charge on any atom is 0.143 e. The highest BCUT2D eigenvalue weighted by Crippen LogP contribution is 2.43. The lowest BCUT2D eigenvalue weighted by molar-refractivity contribution is 0.669. The molecule has 0 aliphatic carbocycles. The number of para-hydroxylation sites is 6. The van der Waals surface area contributed by atoms with E-state index in [4.69, 9.17) is 8.83 Å². The van der Waals surface area contributed by atoms with E-state index in [1.54, 1.807) is 0 Å². The fourth-order valence-electron chi connectivity index (χ4n) is 10.4. The molecule has 0 N–H and O–H groups in total. The zero-order valence-electron chi connectivity index (χ0n) is 34.5. The Hall–Kier alpha value is -8.60. The lowest BCUT2D eigenvalue weighted by atomic mass is 9.98. The van der Waals surface area contributed by atoms with Crippen molar-refractivity contribution >= 4 is 87.5 Å². The zero-order valence-corrected chi connectivity index (χ0v) is 34.5. The van der Waals surface area contributed by atoms with Gasteiger partial charge in [-0.1, -0.05) is 140 Å². The summed E-state index contributed by atoms with van der Waals surface area (Å²) in [4.78, 5) is 0. The van der Waals surface area contributed by atoms with Crippen LogP contribution in [0.4, 0.5) is 0 Å². The number of rotatable bonds is 5. The van der Waals surface area contributed by atoms with E-state index < -0.39 is 0 Å². The molecule has 4 nitrogen and oxygen atoms in total. The molecule has 14 rings (SSSR count). The molecule has 4 heteroatoms. The standard InChI is InChI=1S/C60H36N2O2/c1-2-14-41(15-3-1)61-53-24-7-4-17-45(53)50-34-37(27-30-54(50)61)38-28-31-55-51(35-38)52-36-40(44-21-12-23-49-47-19-6-9-26-58(47)64-60(44)49)29-32-56(52)62(55)42-16-10-13-39(33-42)43-20-11-22-48-46-18-5-8-25-57(46)63-59(43)48/h1-36H. The Morgan fingerprint density at radius 3 is 1.30 bits per heavy atom. The molecule has 0 unspecified atom stereocenters. The summed E-state index contributed by atoms with van der Waals surface area (Å²) in [6, 6.07) is 78.6. The Bertz CT molecular complexity index is 4200. The molecule has 0 saturated carbocycles. The highest BCUT2D eigenvalue weighted by Gasteiger charge is 2.20. The number of hydrogen-bond donors (Lipinski definition) is 0. The molecule has 64 heavy (non-hydrogen) atoms. The Balaban J connectivity index is 0.987. The van der Waals surface area contributed by atoms with Crippen LogP contribution in [0.25, 0.3) is 132 Å². The van der Waals surface area contributed by atoms with E-state index in [0.29, 0.717) is 0 Å². The van der Waals surface area contributed by atoms with Gasteiger partial charge >= 0.3 is 0 Å². The molecule has 0 aliphatic rings. The van der Waals surface area contributed by atoms with Gasteiger partial charge in [-0.05, 0) is 101 Å². The third-order valence-electron chi connectivity index (χ3n) is 13.3. The largest absolute Gasteiger partial charge is 0.455 e. The number of hydrogen-bond acceptors (Lipinski definition) is 2. The summed E-state index contributed by atoms with van der Waals surface area (Å²) in [5.74, 6) is 0. The predicted octanol–water partition coefficient (Wildman–Crippen LogP) is 16.7. The van der Waals surface area contributed by atoms with Crippen LogP contribution < -0.4 is 0 Å². The molecule has 10 aromatic carbocycles. The van der Waals surface area contributed by atoms with Gasteiger partial charge in [0.15, 0.2) is 0 Å². The van der Waals surface area contributed by atoms with Crippen LogP contribution in [0.5, 0.6) is 0 Å². The highest BCUT2D eigenvalue weighted by atomic mass is 16.3. The van der Waals surface area contributed by atoms with Gasteiger partial charge in [-0.3, -0.25) is 0 Å². The van der Waals surface area contributed by atoms with Gasteiger partial charge in [0.25, 0.3) is 0 Å². The molecule has 0 amide bonds. The maximum absolute atomic E-state index is 6.57. The van der Waals surface area contributed by atoms with Crippen molar-refractivity contribution in [1.82, 2.24) is 9.13 Å². The van der Waals surface area contributed by atoms with Crippen molar-refractivity contribution in [3.05, 3.63) is 218 Å². The number of furan rings is 2. The molecule has 0 spiro atoms. The van der Waals surface area contributed by atoms with Gasteiger partial charge in [-0.25, -0.2) is 0 Å². The van der Waals surface area contributed by atoms with Crippen LogP contribution in [0.15, 0.2) is 227 Å². The topological polar surface area (TPSA) is 36.1 Å². The molecule has 4 heterocycles. The second kappa shape index (κ2) is 13.4. The molecule has 0 saturated heterocycles. The first kappa shape index (κ1) is 35.0. The summed E-state index contributed by atoms with van der Waals surface area (Å²) < 4.78 is 17.9. The third-order valence-corrected chi connectivity index (χ3v) is 13.3. The van der Waals surface area contributed by atoms with Crippen molar-refractivity contribution in [3.63, 3.8) is 0 Å². The van der Waals surface area contributed by atoms with E-state index in [9.17, 15) is 0 Å². The molecule has 0 aliphatic heterocycles. The molecule has 14 aromatic rings. The molecule has 0 bridgehead atoms. The molecule has 298 valence electrons. The second-order valence-corrected chi connectivity index (χ2v) is 16.8. The molecular formula is C60H36N2O2. The average molecular weight is 817 g/mol. The first-order chi connectivity index (χ1) is 31.7. The summed E-state index contributed by atoms with van der Waals surface area (Å²) in [6.45, 7) is 0. The van der Waals surface area contributed by atoms with Crippen molar-refractivity contribution in [2.75, 3.05) is 0 Å². The minimum absolute atomic E-state index is 0.898. The molecule has 0 fully saturated rings. The van der Waals surface area contributed by atoms with Gasteiger partial charge in [-0.2, -0.15) is 0 Å². The van der Waals surface area contributed by atoms with Gasteiger partial charge < -0.3 is 18.0 Å². The van der Waals surface area contributed by atoms with Gasteiger partial charge in [-0.15, -0.1) is 0 Å². The first-order valence-corrected chi connectivity index (χ1v) is 21.8. The van der Waals surface area contributed by atoms with Crippen LogP contribution in [0.3, 0.4) is 0 Å². The molecule has 0 atom stereocenters. The maximum atomic E-state index is 6.57. The fraction of sp³-hybridized carbons (Fsp3) is 0. The fourth-order valence-corrected chi connectivity index (χ4v) is 10.4. The normalized spacial score (nSPS) is 12.1. The number of aromatic nitrogens is 2. The number of fused-ring (bicyclic) bond motifs is 12. The first-order valence-electron chi connectivity index (χ1n) is 21.8. The van der Waals surface area contributed by atoms with Gasteiger partial charge in [0, 0.05) is 65.6 Å². The Kier molecular flexibility index (Phi) is 7.36. The van der Waals surface area contributed by atoms with Crippen LogP contribution in [-0.2, 0) is 0 Å². The summed E-state index contributed by atoms with van der Waals surface area (Å²) in [6.07, 6.45) is 0. The summed E-state index contributed by atoms with van der Waals surface area (Å²) in [5.41, 5.74) is 17.2. The number of benzene rings is 10. The van der Waals surface area contributed by atoms with Gasteiger partial charge in [0.1, 0.15) is 22.3 Å².